The zero-order valence-electron chi connectivity index (χ0n) is 69.7. The summed E-state index contributed by atoms with van der Waals surface area (Å²) in [5, 5.41) is 4.49. The van der Waals surface area contributed by atoms with Gasteiger partial charge in [-0.25, -0.2) is 0 Å². The Morgan fingerprint density at radius 2 is 0.760 bits per heavy atom. The molecule has 0 spiro atoms. The first-order valence-corrected chi connectivity index (χ1v) is 43.4. The lowest BCUT2D eigenvalue weighted by Gasteiger charge is -2.51. The molecule has 6 nitrogen and oxygen atoms in total. The number of fused-ring (bicyclic) bond motifs is 24. The van der Waals surface area contributed by atoms with Crippen molar-refractivity contribution in [2.75, 3.05) is 19.4 Å². The van der Waals surface area contributed by atoms with Crippen LogP contribution in [0.15, 0.2) is 324 Å². The predicted octanol–water partition coefficient (Wildman–Crippen LogP) is 27.5. The molecule has 121 heavy (non-hydrogen) atoms. The van der Waals surface area contributed by atoms with Gasteiger partial charge in [-0.2, -0.15) is 0 Å². The van der Waals surface area contributed by atoms with Crippen molar-refractivity contribution in [1.82, 2.24) is 0 Å². The van der Waals surface area contributed by atoms with Gasteiger partial charge in [0, 0.05) is 112 Å². The Morgan fingerprint density at radius 1 is 0.273 bits per heavy atom. The summed E-state index contributed by atoms with van der Waals surface area (Å²) in [7, 11) is 0. The first-order valence-electron chi connectivity index (χ1n) is 43.4. The molecular weight excluding hydrogens is 1470 g/mol. The predicted molar refractivity (Wildman–Crippen MR) is 507 cm³/mol. The molecule has 0 amide bonds. The summed E-state index contributed by atoms with van der Waals surface area (Å²) in [5.74, 6) is 0. The summed E-state index contributed by atoms with van der Waals surface area (Å²) < 4.78 is 15.0. The van der Waals surface area contributed by atoms with E-state index < -0.39 is 0 Å². The highest BCUT2D eigenvalue weighted by Gasteiger charge is 2.55. The van der Waals surface area contributed by atoms with Crippen LogP contribution in [0.1, 0.15) is 127 Å². The smallest absolute Gasteiger partial charge is 0.333 e. The maximum atomic E-state index is 7.69. The van der Waals surface area contributed by atoms with E-state index in [1.807, 2.05) is 0 Å². The van der Waals surface area contributed by atoms with E-state index in [4.69, 9.17) is 8.83 Å². The molecule has 18 aromatic rings. The molecule has 0 radical (unpaired) electrons. The Labute approximate surface area is 706 Å². The van der Waals surface area contributed by atoms with Crippen LogP contribution in [0.4, 0.5) is 56.9 Å². The van der Waals surface area contributed by atoms with Gasteiger partial charge in [0.25, 0.3) is 0 Å². The summed E-state index contributed by atoms with van der Waals surface area (Å²) in [5.41, 5.74) is 47.4. The molecule has 8 heteroatoms. The van der Waals surface area contributed by atoms with Gasteiger partial charge in [-0.15, -0.1) is 0 Å². The Hall–Kier alpha value is -13.6. The molecule has 2 aliphatic carbocycles. The fourth-order valence-corrected chi connectivity index (χ4v) is 24.0. The normalized spacial score (nSPS) is 16.5. The quantitative estimate of drug-likeness (QED) is 0.155. The lowest BCUT2D eigenvalue weighted by atomic mass is 9.42. The molecule has 8 aliphatic rings. The molecule has 0 unspecified atom stereocenters. The van der Waals surface area contributed by atoms with E-state index in [2.05, 4.69) is 404 Å². The molecule has 6 aliphatic heterocycles. The van der Waals surface area contributed by atoms with Crippen molar-refractivity contribution in [1.29, 1.82) is 0 Å². The number of furan rings is 2. The minimum atomic E-state index is -0.317. The Kier molecular flexibility index (Phi) is 13.7. The van der Waals surface area contributed by atoms with Gasteiger partial charge in [-0.05, 0) is 200 Å². The second-order valence-electron chi connectivity index (χ2n) is 38.3. The number of hydrogen-bond acceptors (Lipinski definition) is 6. The fraction of sp³-hybridized carbons (Fsp3) is 0.150. The summed E-state index contributed by atoms with van der Waals surface area (Å²) in [4.78, 5) is 10.8. The van der Waals surface area contributed by atoms with Crippen LogP contribution in [0.5, 0.6) is 0 Å². The van der Waals surface area contributed by atoms with Gasteiger partial charge in [0.1, 0.15) is 22.3 Å². The first kappa shape index (κ1) is 69.4. The lowest BCUT2D eigenvalue weighted by Crippen LogP contribution is -2.62. The van der Waals surface area contributed by atoms with E-state index in [0.717, 1.165) is 107 Å². The van der Waals surface area contributed by atoms with E-state index in [9.17, 15) is 0 Å². The third-order valence-corrected chi connectivity index (χ3v) is 30.0. The van der Waals surface area contributed by atoms with Gasteiger partial charge in [0.2, 0.25) is 0 Å². The number of rotatable bonds is 6. The molecule has 0 fully saturated rings. The average molecular weight is 1550 g/mol. The van der Waals surface area contributed by atoms with Gasteiger partial charge in [-0.1, -0.05) is 324 Å². The number of nitrogens with zero attached hydrogens (tertiary/aromatic N) is 4. The largest absolute Gasteiger partial charge is 0.455 e. The summed E-state index contributed by atoms with van der Waals surface area (Å²) in [6, 6.07) is 120. The van der Waals surface area contributed by atoms with Crippen LogP contribution in [-0.4, -0.2) is 13.7 Å². The molecule has 576 valence electrons. The third-order valence-electron chi connectivity index (χ3n) is 30.0. The molecular formula is C113H86B2N4O2. The van der Waals surface area contributed by atoms with Crippen LogP contribution in [0.3, 0.4) is 0 Å². The van der Waals surface area contributed by atoms with Crippen LogP contribution in [-0.2, 0) is 27.1 Å². The Balaban J connectivity index is 0.639. The zero-order chi connectivity index (χ0) is 81.0. The molecule has 26 rings (SSSR count). The molecule has 2 aromatic heterocycles. The topological polar surface area (TPSA) is 39.2 Å². The lowest BCUT2D eigenvalue weighted by molar-refractivity contribution is 0.331. The molecule has 0 atom stereocenters. The fourth-order valence-electron chi connectivity index (χ4n) is 24.0. The van der Waals surface area contributed by atoms with Crippen LogP contribution in [0.2, 0.25) is 0 Å². The van der Waals surface area contributed by atoms with Crippen molar-refractivity contribution < 1.29 is 8.83 Å². The molecule has 0 saturated carbocycles. The minimum absolute atomic E-state index is 0.00382. The SMILES string of the molecule is CC1(C)CCC(C)(C)c2cc3c(cc21)N1c2cc4c(oc5ccccc54)c4c2B(c2cccc(c21)C3(C)C)N(c1ccc(-c2ccc(-c3cccc5c3oc3cc6c7c(c35)-c3ccc(-c5ccccc5)cc3N(c3cccc5c3C(C)(C)c3ccccc3-5)B7c3cccc5c3N6c3ccccc3C5(C)C)cc2)cc1)c1cc(-c2ccccc2)ccc1-4. The molecule has 0 saturated heterocycles. The number of anilines is 10. The zero-order valence-corrected chi connectivity index (χ0v) is 69.7. The Morgan fingerprint density at radius 3 is 1.46 bits per heavy atom. The highest BCUT2D eigenvalue weighted by atomic mass is 16.3. The van der Waals surface area contributed by atoms with Crippen LogP contribution in [0, 0.1) is 0 Å². The van der Waals surface area contributed by atoms with E-state index in [1.54, 1.807) is 0 Å². The maximum absolute atomic E-state index is 7.69. The summed E-state index contributed by atoms with van der Waals surface area (Å²) in [6.45, 7) is 24.1. The van der Waals surface area contributed by atoms with E-state index in [0.29, 0.717) is 0 Å². The van der Waals surface area contributed by atoms with E-state index in [1.165, 1.54) is 151 Å². The van der Waals surface area contributed by atoms with Crippen LogP contribution >= 0.6 is 0 Å². The number of benzene rings is 16. The van der Waals surface area contributed by atoms with Gasteiger partial charge in [-0.3, -0.25) is 0 Å². The highest BCUT2D eigenvalue weighted by Crippen LogP contribution is 2.63. The van der Waals surface area contributed by atoms with Crippen molar-refractivity contribution in [2.45, 2.75) is 109 Å². The number of para-hydroxylation sites is 5. The molecule has 16 aromatic carbocycles. The average Bonchev–Trinajstić information content (AvgIpc) is 1.62. The third kappa shape index (κ3) is 9.14. The van der Waals surface area contributed by atoms with Gasteiger partial charge in [0.05, 0.1) is 11.4 Å². The standard InChI is InChI=1S/C113H86B2N4O2/c1-109(2)57-58-110(3,4)86-63-94-87(62-85(86)109)112(7,8)84-39-26-40-88-106(84)117(94)95-61-80-75-32-18-22-44-97(75)120-108(80)101-78-56-52-70(65-27-13-11-14-28-65)59-92(78)118(114(88)104(95)101)72-53-49-68(50-54-72)67-45-47-69(48-46-67)73-33-23-35-79-99-98(121-107(73)79)64-96-103-100(99)77-55-51-71(66-29-15-12-16-30-66)60-93(77)119(91-43-24-34-76-74-31-17-19-36-81(74)113(9,10)102(76)91)115(103)89-41-25-38-83-105(89)116(96)90-42-21-20-37-82(90)111(83,5)6/h11-56,59-64H,57-58H2,1-10H3. The maximum Gasteiger partial charge on any atom is 0.333 e. The van der Waals surface area contributed by atoms with Gasteiger partial charge >= 0.3 is 13.7 Å². The first-order chi connectivity index (χ1) is 58.8. The molecule has 0 N–H and O–H groups in total. The van der Waals surface area contributed by atoms with Gasteiger partial charge < -0.3 is 28.3 Å². The number of hydrogen-bond donors (Lipinski definition) is 0. The summed E-state index contributed by atoms with van der Waals surface area (Å²) in [6.07, 6.45) is 2.29. The van der Waals surface area contributed by atoms with Gasteiger partial charge in [0.15, 0.2) is 0 Å². The highest BCUT2D eigenvalue weighted by molar-refractivity contribution is 6.95. The summed E-state index contributed by atoms with van der Waals surface area (Å²) >= 11 is 0. The second-order valence-corrected chi connectivity index (χ2v) is 38.3. The molecule has 8 heterocycles. The van der Waals surface area contributed by atoms with Crippen molar-refractivity contribution in [3.8, 4) is 77.9 Å². The van der Waals surface area contributed by atoms with Crippen LogP contribution < -0.4 is 41.3 Å². The van der Waals surface area contributed by atoms with Crippen molar-refractivity contribution in [3.05, 3.63) is 360 Å². The second kappa shape index (κ2) is 23.9. The van der Waals surface area contributed by atoms with Crippen molar-refractivity contribution in [3.63, 3.8) is 0 Å². The van der Waals surface area contributed by atoms with Crippen molar-refractivity contribution >= 4 is 136 Å². The van der Waals surface area contributed by atoms with E-state index in [-0.39, 0.29) is 40.8 Å². The minimum Gasteiger partial charge on any atom is -0.455 e. The van der Waals surface area contributed by atoms with Crippen molar-refractivity contribution in [2.24, 2.45) is 0 Å². The van der Waals surface area contributed by atoms with E-state index >= 15 is 0 Å². The van der Waals surface area contributed by atoms with Crippen LogP contribution in [0.25, 0.3) is 122 Å². The Bertz CT molecular complexity index is 7650. The molecule has 0 bridgehead atoms. The monoisotopic (exact) mass is 1550 g/mol.